The molecule has 0 saturated carbocycles. The smallest absolute Gasteiger partial charge is 0.233 e. The maximum atomic E-state index is 11.5. The highest BCUT2D eigenvalue weighted by Gasteiger charge is 2.10. The maximum Gasteiger partial charge on any atom is 0.233 e. The van der Waals surface area contributed by atoms with Crippen molar-refractivity contribution in [1.29, 1.82) is 0 Å². The third kappa shape index (κ3) is 5.18. The summed E-state index contributed by atoms with van der Waals surface area (Å²) in [6.07, 6.45) is 0.996. The van der Waals surface area contributed by atoms with Gasteiger partial charge in [0.05, 0.1) is 13.7 Å². The van der Waals surface area contributed by atoms with E-state index in [-0.39, 0.29) is 5.91 Å². The third-order valence-electron chi connectivity index (χ3n) is 2.82. The third-order valence-corrected chi connectivity index (χ3v) is 2.82. The summed E-state index contributed by atoms with van der Waals surface area (Å²) in [5.74, 6) is 0.760. The van der Waals surface area contributed by atoms with E-state index in [1.54, 1.807) is 20.2 Å². The molecule has 5 nitrogen and oxygen atoms in total. The topological polar surface area (TPSA) is 67.6 Å². The lowest BCUT2D eigenvalue weighted by atomic mass is 10.1. The Balaban J connectivity index is 2.77. The Morgan fingerprint density at radius 3 is 2.74 bits per heavy atom. The molecule has 1 rings (SSSR count). The fourth-order valence-corrected chi connectivity index (χ4v) is 1.97. The van der Waals surface area contributed by atoms with Crippen molar-refractivity contribution >= 4 is 11.6 Å². The van der Waals surface area contributed by atoms with Crippen molar-refractivity contribution in [2.75, 3.05) is 33.0 Å². The molecular formula is C14H23N3O2. The average molecular weight is 265 g/mol. The molecule has 0 aliphatic rings. The van der Waals surface area contributed by atoms with Gasteiger partial charge >= 0.3 is 0 Å². The molecule has 19 heavy (non-hydrogen) atoms. The van der Waals surface area contributed by atoms with Crippen LogP contribution in [0, 0.1) is 0 Å². The maximum absolute atomic E-state index is 11.5. The number of carbonyl (C=O) groups excluding carboxylic acids is 1. The molecule has 0 bridgehead atoms. The van der Waals surface area contributed by atoms with E-state index < -0.39 is 0 Å². The number of nitrogens with one attached hydrogen (secondary N) is 1. The summed E-state index contributed by atoms with van der Waals surface area (Å²) >= 11 is 0. The fraction of sp³-hybridized carbons (Fsp3) is 0.500. The van der Waals surface area contributed by atoms with Crippen LogP contribution in [0.4, 0.5) is 5.69 Å². The van der Waals surface area contributed by atoms with Crippen LogP contribution < -0.4 is 15.8 Å². The SMILES string of the molecule is CCCN(CC(=O)NC)Cc1cc(N)cc(OC)c1. The standard InChI is InChI=1S/C14H23N3O2/c1-4-5-17(10-14(18)16-2)9-11-6-12(15)8-13(7-11)19-3/h6-8H,4-5,9-10,15H2,1-3H3,(H,16,18). The second-order valence-electron chi connectivity index (χ2n) is 4.50. The summed E-state index contributed by atoms with van der Waals surface area (Å²) in [5.41, 5.74) is 7.56. The second kappa shape index (κ2) is 7.63. The lowest BCUT2D eigenvalue weighted by Gasteiger charge is -2.21. The number of amides is 1. The predicted octanol–water partition coefficient (Wildman–Crippen LogP) is 1.24. The molecule has 1 aromatic rings. The molecule has 5 heteroatoms. The molecule has 0 aliphatic heterocycles. The Morgan fingerprint density at radius 2 is 2.16 bits per heavy atom. The quantitative estimate of drug-likeness (QED) is 0.728. The lowest BCUT2D eigenvalue weighted by Crippen LogP contribution is -2.35. The van der Waals surface area contributed by atoms with Gasteiger partial charge in [-0.2, -0.15) is 0 Å². The van der Waals surface area contributed by atoms with Gasteiger partial charge in [-0.1, -0.05) is 6.92 Å². The zero-order chi connectivity index (χ0) is 14.3. The van der Waals surface area contributed by atoms with Gasteiger partial charge < -0.3 is 15.8 Å². The minimum atomic E-state index is 0.0179. The first-order valence-electron chi connectivity index (χ1n) is 6.45. The largest absolute Gasteiger partial charge is 0.497 e. The molecule has 0 radical (unpaired) electrons. The zero-order valence-corrected chi connectivity index (χ0v) is 11.9. The molecule has 106 valence electrons. The van der Waals surface area contributed by atoms with Crippen LogP contribution in [0.15, 0.2) is 18.2 Å². The number of carbonyl (C=O) groups is 1. The van der Waals surface area contributed by atoms with Crippen molar-refractivity contribution in [1.82, 2.24) is 10.2 Å². The first-order chi connectivity index (χ1) is 9.08. The van der Waals surface area contributed by atoms with Gasteiger partial charge in [0.15, 0.2) is 0 Å². The van der Waals surface area contributed by atoms with E-state index in [0.29, 0.717) is 18.8 Å². The lowest BCUT2D eigenvalue weighted by molar-refractivity contribution is -0.121. The van der Waals surface area contributed by atoms with Crippen LogP contribution in [0.3, 0.4) is 0 Å². The van der Waals surface area contributed by atoms with Crippen molar-refractivity contribution < 1.29 is 9.53 Å². The molecule has 1 aromatic carbocycles. The number of rotatable bonds is 7. The number of likely N-dealkylation sites (N-methyl/N-ethyl adjacent to an activating group) is 1. The summed E-state index contributed by atoms with van der Waals surface area (Å²) in [7, 11) is 3.27. The fourth-order valence-electron chi connectivity index (χ4n) is 1.97. The van der Waals surface area contributed by atoms with Crippen LogP contribution in [0.25, 0.3) is 0 Å². The van der Waals surface area contributed by atoms with E-state index in [1.807, 2.05) is 12.1 Å². The Bertz CT molecular complexity index is 421. The number of methoxy groups -OCH3 is 1. The number of benzene rings is 1. The molecule has 0 atom stereocenters. The van der Waals surface area contributed by atoms with Gasteiger partial charge in [-0.3, -0.25) is 9.69 Å². The second-order valence-corrected chi connectivity index (χ2v) is 4.50. The van der Waals surface area contributed by atoms with E-state index in [0.717, 1.165) is 24.3 Å². The summed E-state index contributed by atoms with van der Waals surface area (Å²) in [6.45, 7) is 4.03. The van der Waals surface area contributed by atoms with Gasteiger partial charge in [0, 0.05) is 25.3 Å². The predicted molar refractivity (Wildman–Crippen MR) is 77.0 cm³/mol. The highest BCUT2D eigenvalue weighted by molar-refractivity contribution is 5.77. The van der Waals surface area contributed by atoms with Gasteiger partial charge in [0.25, 0.3) is 0 Å². The molecule has 0 aromatic heterocycles. The summed E-state index contributed by atoms with van der Waals surface area (Å²) in [4.78, 5) is 13.6. The minimum Gasteiger partial charge on any atom is -0.497 e. The Hall–Kier alpha value is -1.75. The molecule has 0 aliphatic carbocycles. The number of nitrogen functional groups attached to an aromatic ring is 1. The normalized spacial score (nSPS) is 10.5. The molecule has 0 fully saturated rings. The molecule has 0 heterocycles. The minimum absolute atomic E-state index is 0.0179. The number of hydrogen-bond acceptors (Lipinski definition) is 4. The van der Waals surface area contributed by atoms with Crippen LogP contribution in [0.2, 0.25) is 0 Å². The van der Waals surface area contributed by atoms with Gasteiger partial charge in [-0.25, -0.2) is 0 Å². The number of nitrogens with zero attached hydrogens (tertiary/aromatic N) is 1. The average Bonchev–Trinajstić information content (AvgIpc) is 2.38. The summed E-state index contributed by atoms with van der Waals surface area (Å²) < 4.78 is 5.20. The van der Waals surface area contributed by atoms with Gasteiger partial charge in [0.2, 0.25) is 5.91 Å². The summed E-state index contributed by atoms with van der Waals surface area (Å²) in [6, 6.07) is 5.64. The highest BCUT2D eigenvalue weighted by Crippen LogP contribution is 2.19. The zero-order valence-electron chi connectivity index (χ0n) is 11.9. The summed E-state index contributed by atoms with van der Waals surface area (Å²) in [5, 5.41) is 2.64. The van der Waals surface area contributed by atoms with Crippen molar-refractivity contribution in [3.63, 3.8) is 0 Å². The Kier molecular flexibility index (Phi) is 6.15. The van der Waals surface area contributed by atoms with Crippen LogP contribution in [0.1, 0.15) is 18.9 Å². The molecule has 1 amide bonds. The van der Waals surface area contributed by atoms with Gasteiger partial charge in [0.1, 0.15) is 5.75 Å². The molecule has 0 unspecified atom stereocenters. The number of anilines is 1. The van der Waals surface area contributed by atoms with E-state index in [2.05, 4.69) is 17.1 Å². The highest BCUT2D eigenvalue weighted by atomic mass is 16.5. The van der Waals surface area contributed by atoms with Crippen LogP contribution in [-0.2, 0) is 11.3 Å². The van der Waals surface area contributed by atoms with Crippen molar-refractivity contribution in [3.8, 4) is 5.75 Å². The first kappa shape index (κ1) is 15.3. The Morgan fingerprint density at radius 1 is 1.42 bits per heavy atom. The van der Waals surface area contributed by atoms with Crippen LogP contribution in [-0.4, -0.2) is 38.1 Å². The van der Waals surface area contributed by atoms with E-state index in [1.165, 1.54) is 0 Å². The molecular weight excluding hydrogens is 242 g/mol. The molecule has 3 N–H and O–H groups in total. The first-order valence-corrected chi connectivity index (χ1v) is 6.45. The Labute approximate surface area is 114 Å². The van der Waals surface area contributed by atoms with Crippen LogP contribution >= 0.6 is 0 Å². The number of nitrogens with two attached hydrogens (primary N) is 1. The molecule has 0 saturated heterocycles. The van der Waals surface area contributed by atoms with Crippen LogP contribution in [0.5, 0.6) is 5.75 Å². The number of hydrogen-bond donors (Lipinski definition) is 2. The van der Waals surface area contributed by atoms with Gasteiger partial charge in [-0.15, -0.1) is 0 Å². The van der Waals surface area contributed by atoms with E-state index >= 15 is 0 Å². The van der Waals surface area contributed by atoms with Gasteiger partial charge in [-0.05, 0) is 30.7 Å². The van der Waals surface area contributed by atoms with E-state index in [9.17, 15) is 4.79 Å². The van der Waals surface area contributed by atoms with E-state index in [4.69, 9.17) is 10.5 Å². The van der Waals surface area contributed by atoms with Crippen molar-refractivity contribution in [2.24, 2.45) is 0 Å². The number of ether oxygens (including phenoxy) is 1. The van der Waals surface area contributed by atoms with Crippen molar-refractivity contribution in [2.45, 2.75) is 19.9 Å². The molecule has 0 spiro atoms. The monoisotopic (exact) mass is 265 g/mol. The van der Waals surface area contributed by atoms with Crippen molar-refractivity contribution in [3.05, 3.63) is 23.8 Å².